The van der Waals surface area contributed by atoms with Crippen LogP contribution in [-0.2, 0) is 0 Å². The van der Waals surface area contributed by atoms with Gasteiger partial charge in [0.2, 0.25) is 0 Å². The molecule has 0 rings (SSSR count). The highest BCUT2D eigenvalue weighted by Gasteiger charge is 1.37. The van der Waals surface area contributed by atoms with E-state index in [9.17, 15) is 0 Å². The van der Waals surface area contributed by atoms with Gasteiger partial charge in [0.25, 0.3) is 0 Å². The summed E-state index contributed by atoms with van der Waals surface area (Å²) in [6.07, 6.45) is 1.77. The summed E-state index contributed by atoms with van der Waals surface area (Å²) < 4.78 is 0. The third kappa shape index (κ3) is 48.8. The molecule has 0 nitrogen and oxygen atoms in total. The summed E-state index contributed by atoms with van der Waals surface area (Å²) >= 11 is 5.01. The van der Waals surface area contributed by atoms with Crippen LogP contribution in [0, 0.1) is 0 Å². The Hall–Kier alpha value is -0.230. The monoisotopic (exact) mass is 104 g/mol. The van der Waals surface area contributed by atoms with Crippen molar-refractivity contribution in [2.45, 2.75) is 6.92 Å². The number of rotatable bonds is 0. The summed E-state index contributed by atoms with van der Waals surface area (Å²) in [5.41, 5.74) is 1.47. The number of hydrogen-bond donors (Lipinski definition) is 0. The summed E-state index contributed by atoms with van der Waals surface area (Å²) in [6, 6.07) is 0. The quantitative estimate of drug-likeness (QED) is 0.415. The third-order valence-electron chi connectivity index (χ3n) is 0.126. The molecular weight excluding hydrogens is 95.5 g/mol. The van der Waals surface area contributed by atoms with Crippen molar-refractivity contribution in [2.75, 3.05) is 0 Å². The van der Waals surface area contributed by atoms with Gasteiger partial charge in [-0.05, 0) is 12.5 Å². The summed E-state index contributed by atoms with van der Waals surface area (Å²) in [5, 5.41) is 0. The Morgan fingerprint density at radius 2 is 1.67 bits per heavy atom. The van der Waals surface area contributed by atoms with Gasteiger partial charge in [-0.15, -0.1) is 13.2 Å². The topological polar surface area (TPSA) is 0 Å². The number of halogens is 1. The van der Waals surface area contributed by atoms with Gasteiger partial charge < -0.3 is 0 Å². The smallest absolute Gasteiger partial charge is 0.0000330 e. The fourth-order valence-corrected chi connectivity index (χ4v) is 0. The SMILES string of the molecule is C=C.CC=CCl. The molecule has 0 aliphatic heterocycles. The molecule has 0 fully saturated rings. The zero-order chi connectivity index (χ0) is 5.41. The molecule has 0 radical (unpaired) electrons. The molecule has 0 aromatic carbocycles. The lowest BCUT2D eigenvalue weighted by Crippen LogP contribution is -1.20. The Balaban J connectivity index is 0. The highest BCUT2D eigenvalue weighted by molar-refractivity contribution is 6.25. The standard InChI is InChI=1S/C3H5Cl.C2H4/c1-2-3-4;1-2/h2-3H,1H3;1-2H2. The average molecular weight is 105 g/mol. The van der Waals surface area contributed by atoms with Gasteiger partial charge in [0.1, 0.15) is 0 Å². The van der Waals surface area contributed by atoms with E-state index in [0.717, 1.165) is 0 Å². The van der Waals surface area contributed by atoms with Gasteiger partial charge in [-0.3, -0.25) is 0 Å². The molecule has 0 N–H and O–H groups in total. The van der Waals surface area contributed by atoms with Crippen LogP contribution in [0.4, 0.5) is 0 Å². The summed E-state index contributed by atoms with van der Waals surface area (Å²) in [6.45, 7) is 7.87. The molecule has 0 atom stereocenters. The Morgan fingerprint density at radius 3 is 1.67 bits per heavy atom. The van der Waals surface area contributed by atoms with Crippen LogP contribution in [0.25, 0.3) is 0 Å². The molecule has 0 aliphatic carbocycles. The van der Waals surface area contributed by atoms with Crippen LogP contribution in [0.1, 0.15) is 6.92 Å². The molecule has 0 bridgehead atoms. The van der Waals surface area contributed by atoms with Crippen molar-refractivity contribution in [1.82, 2.24) is 0 Å². The fraction of sp³-hybridized carbons (Fsp3) is 0.200. The van der Waals surface area contributed by atoms with Gasteiger partial charge in [-0.25, -0.2) is 0 Å². The summed E-state index contributed by atoms with van der Waals surface area (Å²) in [4.78, 5) is 0. The molecule has 0 amide bonds. The Labute approximate surface area is 44.1 Å². The highest BCUT2D eigenvalue weighted by Crippen LogP contribution is 1.70. The Morgan fingerprint density at radius 1 is 1.50 bits per heavy atom. The number of allylic oxidation sites excluding steroid dienone is 1. The molecular formula is C5H9Cl. The Bertz CT molecular complexity index is 26.9. The van der Waals surface area contributed by atoms with Gasteiger partial charge in [0.15, 0.2) is 0 Å². The van der Waals surface area contributed by atoms with E-state index in [1.807, 2.05) is 6.92 Å². The van der Waals surface area contributed by atoms with Gasteiger partial charge >= 0.3 is 0 Å². The van der Waals surface area contributed by atoms with Crippen molar-refractivity contribution >= 4 is 11.6 Å². The highest BCUT2D eigenvalue weighted by atomic mass is 35.5. The summed E-state index contributed by atoms with van der Waals surface area (Å²) in [7, 11) is 0. The normalized spacial score (nSPS) is 7.00. The first-order valence-electron chi connectivity index (χ1n) is 1.63. The van der Waals surface area contributed by atoms with Crippen LogP contribution in [0.2, 0.25) is 0 Å². The van der Waals surface area contributed by atoms with Crippen LogP contribution in [0.15, 0.2) is 24.8 Å². The van der Waals surface area contributed by atoms with E-state index in [0.29, 0.717) is 0 Å². The lowest BCUT2D eigenvalue weighted by Gasteiger charge is -1.46. The first kappa shape index (κ1) is 9.24. The maximum Gasteiger partial charge on any atom is -0.0000330 e. The predicted molar refractivity (Wildman–Crippen MR) is 31.9 cm³/mol. The Kier molecular flexibility index (Phi) is 33.3. The van der Waals surface area contributed by atoms with Crippen LogP contribution in [0.3, 0.4) is 0 Å². The van der Waals surface area contributed by atoms with Crippen LogP contribution in [-0.4, -0.2) is 0 Å². The van der Waals surface area contributed by atoms with Crippen molar-refractivity contribution in [3.63, 3.8) is 0 Å². The van der Waals surface area contributed by atoms with Crippen molar-refractivity contribution in [3.05, 3.63) is 24.8 Å². The third-order valence-corrected chi connectivity index (χ3v) is 0.378. The molecule has 0 saturated heterocycles. The minimum Gasteiger partial charge on any atom is -0.106 e. The van der Waals surface area contributed by atoms with Gasteiger partial charge in [-0.2, -0.15) is 0 Å². The van der Waals surface area contributed by atoms with E-state index in [1.54, 1.807) is 6.08 Å². The van der Waals surface area contributed by atoms with E-state index in [2.05, 4.69) is 13.2 Å². The van der Waals surface area contributed by atoms with E-state index in [-0.39, 0.29) is 0 Å². The zero-order valence-corrected chi connectivity index (χ0v) is 4.70. The fourth-order valence-electron chi connectivity index (χ4n) is 0. The molecule has 6 heavy (non-hydrogen) atoms. The van der Waals surface area contributed by atoms with Crippen molar-refractivity contribution in [1.29, 1.82) is 0 Å². The van der Waals surface area contributed by atoms with E-state index < -0.39 is 0 Å². The minimum atomic E-state index is 1.47. The van der Waals surface area contributed by atoms with Gasteiger partial charge in [-0.1, -0.05) is 17.7 Å². The summed E-state index contributed by atoms with van der Waals surface area (Å²) in [5.74, 6) is 0. The zero-order valence-electron chi connectivity index (χ0n) is 3.95. The molecule has 0 aliphatic rings. The van der Waals surface area contributed by atoms with E-state index in [1.165, 1.54) is 5.54 Å². The number of hydrogen-bond acceptors (Lipinski definition) is 0. The van der Waals surface area contributed by atoms with Crippen LogP contribution in [0.5, 0.6) is 0 Å². The maximum atomic E-state index is 5.01. The van der Waals surface area contributed by atoms with Crippen LogP contribution < -0.4 is 0 Å². The molecule has 1 heteroatoms. The first-order chi connectivity index (χ1) is 2.91. The molecule has 36 valence electrons. The average Bonchev–Trinajstić information content (AvgIpc) is 1.72. The van der Waals surface area contributed by atoms with Crippen molar-refractivity contribution in [2.24, 2.45) is 0 Å². The van der Waals surface area contributed by atoms with E-state index >= 15 is 0 Å². The second-order valence-electron chi connectivity index (χ2n) is 0.459. The first-order valence-corrected chi connectivity index (χ1v) is 2.07. The molecule has 0 heterocycles. The molecule has 0 spiro atoms. The van der Waals surface area contributed by atoms with Crippen molar-refractivity contribution < 1.29 is 0 Å². The lowest BCUT2D eigenvalue weighted by atomic mass is 10.8. The molecule has 0 unspecified atom stereocenters. The molecule has 0 aromatic rings. The van der Waals surface area contributed by atoms with Crippen molar-refractivity contribution in [3.8, 4) is 0 Å². The second-order valence-corrected chi connectivity index (χ2v) is 0.711. The lowest BCUT2D eigenvalue weighted by molar-refractivity contribution is 1.78. The van der Waals surface area contributed by atoms with E-state index in [4.69, 9.17) is 11.6 Å². The molecule has 0 saturated carbocycles. The maximum absolute atomic E-state index is 5.01. The molecule has 0 aromatic heterocycles. The predicted octanol–water partition coefficient (Wildman–Crippen LogP) is 2.56. The van der Waals surface area contributed by atoms with Gasteiger partial charge in [0.05, 0.1) is 0 Å². The van der Waals surface area contributed by atoms with Gasteiger partial charge in [0, 0.05) is 0 Å². The largest absolute Gasteiger partial charge is 0.106 e. The second kappa shape index (κ2) is 21.6. The van der Waals surface area contributed by atoms with Crippen LogP contribution >= 0.6 is 11.6 Å². The minimum absolute atomic E-state index is 1.47.